The molecule has 0 aromatic carbocycles. The fraction of sp³-hybridized carbons (Fsp3) is 0.647. The highest BCUT2D eigenvalue weighted by atomic mass is 32.2. The van der Waals surface area contributed by atoms with E-state index in [0.29, 0.717) is 6.42 Å². The van der Waals surface area contributed by atoms with Crippen LogP contribution in [0.2, 0.25) is 0 Å². The number of ether oxygens (including phenoxy) is 1. The normalized spacial score (nSPS) is 26.1. The van der Waals surface area contributed by atoms with Gasteiger partial charge >= 0.3 is 6.61 Å². The van der Waals surface area contributed by atoms with Crippen molar-refractivity contribution in [3.63, 3.8) is 0 Å². The number of H-pyrrole nitrogens is 1. The molecule has 0 radical (unpaired) electrons. The molecular formula is C17H23F2N5O3S. The average Bonchev–Trinajstić information content (AvgIpc) is 3.25. The van der Waals surface area contributed by atoms with Crippen molar-refractivity contribution < 1.29 is 21.9 Å². The highest BCUT2D eigenvalue weighted by molar-refractivity contribution is 7.89. The second-order valence-corrected chi connectivity index (χ2v) is 9.50. The number of halogens is 2. The molecule has 2 aliphatic rings. The van der Waals surface area contributed by atoms with Crippen molar-refractivity contribution >= 4 is 26.9 Å². The molecule has 0 unspecified atom stereocenters. The number of anilines is 1. The van der Waals surface area contributed by atoms with Crippen LogP contribution in [-0.2, 0) is 14.8 Å². The number of hydrogen-bond donors (Lipinski definition) is 1. The van der Waals surface area contributed by atoms with Crippen molar-refractivity contribution in [2.45, 2.75) is 38.0 Å². The highest BCUT2D eigenvalue weighted by Crippen LogP contribution is 2.36. The van der Waals surface area contributed by atoms with Gasteiger partial charge in [0.1, 0.15) is 17.8 Å². The Bertz CT molecular complexity index is 932. The molecule has 1 N–H and O–H groups in total. The second-order valence-electron chi connectivity index (χ2n) is 7.48. The van der Waals surface area contributed by atoms with Crippen molar-refractivity contribution in [1.29, 1.82) is 0 Å². The molecule has 0 bridgehead atoms. The quantitative estimate of drug-likeness (QED) is 0.742. The summed E-state index contributed by atoms with van der Waals surface area (Å²) in [7, 11) is -1.51. The number of nitrogens with zero attached hydrogens (tertiary/aromatic N) is 4. The van der Waals surface area contributed by atoms with Gasteiger partial charge in [-0.2, -0.15) is 13.1 Å². The average molecular weight is 415 g/mol. The van der Waals surface area contributed by atoms with E-state index < -0.39 is 22.7 Å². The summed E-state index contributed by atoms with van der Waals surface area (Å²) in [5.41, 5.74) is 0.768. The molecule has 28 heavy (non-hydrogen) atoms. The predicted octanol–water partition coefficient (Wildman–Crippen LogP) is 1.82. The lowest BCUT2D eigenvalue weighted by Crippen LogP contribution is -2.47. The van der Waals surface area contributed by atoms with Gasteiger partial charge in [0.25, 0.3) is 0 Å². The molecule has 4 rings (SSSR count). The number of fused-ring (bicyclic) bond motifs is 1. The van der Waals surface area contributed by atoms with Crippen molar-refractivity contribution in [1.82, 2.24) is 19.3 Å². The van der Waals surface area contributed by atoms with E-state index >= 15 is 0 Å². The Hall–Kier alpha value is -1.85. The summed E-state index contributed by atoms with van der Waals surface area (Å²) in [4.78, 5) is 13.7. The third-order valence-corrected chi connectivity index (χ3v) is 7.68. The Labute approximate surface area is 161 Å². The van der Waals surface area contributed by atoms with E-state index in [-0.39, 0.29) is 30.8 Å². The molecule has 1 saturated carbocycles. The summed E-state index contributed by atoms with van der Waals surface area (Å²) in [5, 5.41) is 0.934. The summed E-state index contributed by atoms with van der Waals surface area (Å²) in [6.45, 7) is -2.62. The van der Waals surface area contributed by atoms with Gasteiger partial charge in [-0.1, -0.05) is 0 Å². The minimum Gasteiger partial charge on any atom is -0.356 e. The lowest BCUT2D eigenvalue weighted by atomic mass is 9.81. The Morgan fingerprint density at radius 2 is 2.18 bits per heavy atom. The van der Waals surface area contributed by atoms with Crippen molar-refractivity contribution in [3.05, 3.63) is 18.6 Å². The van der Waals surface area contributed by atoms with E-state index in [0.717, 1.165) is 29.7 Å². The van der Waals surface area contributed by atoms with Crippen LogP contribution >= 0.6 is 0 Å². The maximum atomic E-state index is 12.6. The van der Waals surface area contributed by atoms with E-state index in [1.54, 1.807) is 0 Å². The topological polar surface area (TPSA) is 91.4 Å². The molecule has 3 heterocycles. The van der Waals surface area contributed by atoms with Gasteiger partial charge in [0.05, 0.1) is 17.2 Å². The Morgan fingerprint density at radius 1 is 1.39 bits per heavy atom. The summed E-state index contributed by atoms with van der Waals surface area (Å²) in [6, 6.07) is 2.13. The van der Waals surface area contributed by atoms with E-state index in [1.165, 1.54) is 10.6 Å². The van der Waals surface area contributed by atoms with Crippen LogP contribution in [-0.4, -0.2) is 72.3 Å². The molecule has 2 aromatic rings. The van der Waals surface area contributed by atoms with Crippen LogP contribution in [0.15, 0.2) is 18.6 Å². The van der Waals surface area contributed by atoms with Gasteiger partial charge in [-0.15, -0.1) is 0 Å². The molecule has 2 fully saturated rings. The molecule has 2 aromatic heterocycles. The molecule has 1 aliphatic carbocycles. The van der Waals surface area contributed by atoms with E-state index in [2.05, 4.69) is 24.6 Å². The zero-order valence-electron chi connectivity index (χ0n) is 15.5. The summed E-state index contributed by atoms with van der Waals surface area (Å²) in [5.74, 6) is 0.919. The predicted molar refractivity (Wildman–Crippen MR) is 99.7 cm³/mol. The van der Waals surface area contributed by atoms with Crippen molar-refractivity contribution in [2.24, 2.45) is 5.92 Å². The molecule has 1 saturated heterocycles. The third kappa shape index (κ3) is 3.83. The first-order chi connectivity index (χ1) is 13.3. The van der Waals surface area contributed by atoms with E-state index in [9.17, 15) is 17.2 Å². The van der Waals surface area contributed by atoms with Crippen LogP contribution in [0.5, 0.6) is 0 Å². The zero-order valence-corrected chi connectivity index (χ0v) is 16.3. The lowest BCUT2D eigenvalue weighted by Gasteiger charge is -2.42. The van der Waals surface area contributed by atoms with E-state index in [1.807, 2.05) is 19.3 Å². The monoisotopic (exact) mass is 415 g/mol. The number of rotatable bonds is 7. The largest absolute Gasteiger partial charge is 0.356 e. The van der Waals surface area contributed by atoms with Gasteiger partial charge in [0.2, 0.25) is 10.0 Å². The minimum absolute atomic E-state index is 0.00906. The number of aromatic amines is 1. The summed E-state index contributed by atoms with van der Waals surface area (Å²) < 4.78 is 55.6. The van der Waals surface area contributed by atoms with Crippen LogP contribution in [0.3, 0.4) is 0 Å². The van der Waals surface area contributed by atoms with E-state index in [4.69, 9.17) is 0 Å². The summed E-state index contributed by atoms with van der Waals surface area (Å²) >= 11 is 0. The van der Waals surface area contributed by atoms with Crippen LogP contribution in [0.25, 0.3) is 11.0 Å². The van der Waals surface area contributed by atoms with Crippen LogP contribution in [0, 0.1) is 5.92 Å². The molecule has 1 aliphatic heterocycles. The molecule has 0 amide bonds. The van der Waals surface area contributed by atoms with Crippen molar-refractivity contribution in [2.75, 3.05) is 30.8 Å². The molecule has 1 atom stereocenters. The standard InChI is InChI=1S/C17H23F2N5O3S/c1-23(16-14-2-4-20-15(14)21-10-22-16)12-6-11(7-12)9-28(25,26)24-5-3-13(8-24)27-17(18)19/h2,4,10-13,17H,3,5-9H2,1H3,(H,20,21,22)/t11?,12?,13-/m1/s1. The van der Waals surface area contributed by atoms with Gasteiger partial charge in [-0.25, -0.2) is 18.4 Å². The first-order valence-electron chi connectivity index (χ1n) is 9.26. The first-order valence-corrected chi connectivity index (χ1v) is 10.9. The first kappa shape index (κ1) is 19.5. The maximum Gasteiger partial charge on any atom is 0.345 e. The third-order valence-electron chi connectivity index (χ3n) is 5.67. The van der Waals surface area contributed by atoms with Crippen LogP contribution < -0.4 is 4.90 Å². The second kappa shape index (κ2) is 7.53. The molecular weight excluding hydrogens is 392 g/mol. The van der Waals surface area contributed by atoms with Gasteiger partial charge in [-0.05, 0) is 31.2 Å². The fourth-order valence-corrected chi connectivity index (χ4v) is 5.93. The highest BCUT2D eigenvalue weighted by Gasteiger charge is 2.40. The minimum atomic E-state index is -3.47. The Morgan fingerprint density at radius 3 is 2.93 bits per heavy atom. The maximum absolute atomic E-state index is 12.6. The molecule has 8 nitrogen and oxygen atoms in total. The van der Waals surface area contributed by atoms with Crippen LogP contribution in [0.1, 0.15) is 19.3 Å². The number of nitrogens with one attached hydrogen (secondary N) is 1. The van der Waals surface area contributed by atoms with Gasteiger partial charge in [-0.3, -0.25) is 0 Å². The Kier molecular flexibility index (Phi) is 5.23. The van der Waals surface area contributed by atoms with Gasteiger partial charge in [0, 0.05) is 32.4 Å². The lowest BCUT2D eigenvalue weighted by molar-refractivity contribution is -0.157. The molecule has 11 heteroatoms. The fourth-order valence-electron chi connectivity index (χ4n) is 4.08. The summed E-state index contributed by atoms with van der Waals surface area (Å²) in [6.07, 6.45) is 4.40. The number of sulfonamides is 1. The number of alkyl halides is 2. The molecule has 154 valence electrons. The zero-order chi connectivity index (χ0) is 19.9. The van der Waals surface area contributed by atoms with Gasteiger partial charge < -0.3 is 14.6 Å². The van der Waals surface area contributed by atoms with Crippen molar-refractivity contribution in [3.8, 4) is 0 Å². The molecule has 0 spiro atoms. The van der Waals surface area contributed by atoms with Gasteiger partial charge in [0.15, 0.2) is 0 Å². The SMILES string of the molecule is CN(c1ncnc2[nH]ccc12)C1CC(CS(=O)(=O)N2CC[C@@H](OC(F)F)C2)C1. The number of hydrogen-bond acceptors (Lipinski definition) is 6. The smallest absolute Gasteiger partial charge is 0.345 e. The Balaban J connectivity index is 1.32. The van der Waals surface area contributed by atoms with Crippen LogP contribution in [0.4, 0.5) is 14.6 Å². The number of aromatic nitrogens is 3.